The van der Waals surface area contributed by atoms with E-state index in [0.29, 0.717) is 18.0 Å². The van der Waals surface area contributed by atoms with Crippen molar-refractivity contribution in [3.63, 3.8) is 0 Å². The molecule has 1 aromatic heterocycles. The summed E-state index contributed by atoms with van der Waals surface area (Å²) in [5.41, 5.74) is 0.689. The molecule has 15 heavy (non-hydrogen) atoms. The van der Waals surface area contributed by atoms with Crippen molar-refractivity contribution in [3.05, 3.63) is 17.5 Å². The summed E-state index contributed by atoms with van der Waals surface area (Å²) in [4.78, 5) is 11.4. The van der Waals surface area contributed by atoms with Gasteiger partial charge in [-0.1, -0.05) is 19.0 Å². The van der Waals surface area contributed by atoms with Crippen LogP contribution in [0.3, 0.4) is 0 Å². The van der Waals surface area contributed by atoms with Crippen LogP contribution in [0, 0.1) is 12.8 Å². The first-order valence-electron chi connectivity index (χ1n) is 5.27. The molecule has 4 nitrogen and oxygen atoms in total. The summed E-state index contributed by atoms with van der Waals surface area (Å²) in [5.74, 6) is 1.35. The molecule has 1 aromatic rings. The lowest BCUT2D eigenvalue weighted by Crippen LogP contribution is -2.26. The molecule has 4 heteroatoms. The fraction of sp³-hybridized carbons (Fsp3) is 0.636. The summed E-state index contributed by atoms with van der Waals surface area (Å²) < 4.78 is 4.88. The molecule has 0 saturated heterocycles. The highest BCUT2D eigenvalue weighted by molar-refractivity contribution is 5.77. The van der Waals surface area contributed by atoms with Crippen molar-refractivity contribution < 1.29 is 9.32 Å². The van der Waals surface area contributed by atoms with Crippen LogP contribution in [0.25, 0.3) is 0 Å². The van der Waals surface area contributed by atoms with E-state index in [9.17, 15) is 4.79 Å². The van der Waals surface area contributed by atoms with Gasteiger partial charge in [0, 0.05) is 12.6 Å². The van der Waals surface area contributed by atoms with Crippen molar-refractivity contribution in [2.75, 3.05) is 6.54 Å². The minimum absolute atomic E-state index is 0.00366. The van der Waals surface area contributed by atoms with E-state index >= 15 is 0 Å². The van der Waals surface area contributed by atoms with Gasteiger partial charge in [-0.05, 0) is 19.3 Å². The molecule has 1 heterocycles. The van der Waals surface area contributed by atoms with Gasteiger partial charge in [0.2, 0.25) is 5.91 Å². The molecule has 0 bridgehead atoms. The quantitative estimate of drug-likeness (QED) is 0.804. The number of rotatable bonds is 5. The summed E-state index contributed by atoms with van der Waals surface area (Å²) in [6, 6.07) is 1.78. The normalized spacial score (nSPS) is 10.7. The van der Waals surface area contributed by atoms with E-state index < -0.39 is 0 Å². The molecule has 1 N–H and O–H groups in total. The summed E-state index contributed by atoms with van der Waals surface area (Å²) in [6.07, 6.45) is 1.30. The van der Waals surface area contributed by atoms with Crippen LogP contribution in [-0.2, 0) is 11.2 Å². The summed E-state index contributed by atoms with van der Waals surface area (Å²) in [7, 11) is 0. The van der Waals surface area contributed by atoms with Crippen molar-refractivity contribution in [2.24, 2.45) is 5.92 Å². The molecule has 0 saturated carbocycles. The predicted octanol–water partition coefficient (Wildman–Crippen LogP) is 1.69. The fourth-order valence-corrected chi connectivity index (χ4v) is 1.23. The van der Waals surface area contributed by atoms with Crippen molar-refractivity contribution in [3.8, 4) is 0 Å². The van der Waals surface area contributed by atoms with Gasteiger partial charge in [0.25, 0.3) is 0 Å². The van der Waals surface area contributed by atoms with Gasteiger partial charge >= 0.3 is 0 Å². The number of aryl methyl sites for hydroxylation is 1. The minimum atomic E-state index is 0.00366. The molecule has 0 aromatic carbocycles. The molecule has 0 radical (unpaired) electrons. The molecule has 0 unspecified atom stereocenters. The Morgan fingerprint density at radius 2 is 2.33 bits per heavy atom. The standard InChI is InChI=1S/C11H18N2O2/c1-8(2)4-5-12-11(14)7-10-6-9(3)15-13-10/h6,8H,4-5,7H2,1-3H3,(H,12,14). The third kappa shape index (κ3) is 4.63. The van der Waals surface area contributed by atoms with Gasteiger partial charge in [-0.25, -0.2) is 0 Å². The van der Waals surface area contributed by atoms with E-state index in [-0.39, 0.29) is 5.91 Å². The molecule has 0 spiro atoms. The Bertz CT molecular complexity index is 318. The maximum absolute atomic E-state index is 11.4. The topological polar surface area (TPSA) is 55.1 Å². The lowest BCUT2D eigenvalue weighted by atomic mass is 10.1. The maximum atomic E-state index is 11.4. The summed E-state index contributed by atoms with van der Waals surface area (Å²) >= 11 is 0. The van der Waals surface area contributed by atoms with Gasteiger partial charge in [0.15, 0.2) is 0 Å². The van der Waals surface area contributed by atoms with Crippen molar-refractivity contribution in [2.45, 2.75) is 33.6 Å². The number of nitrogens with one attached hydrogen (secondary N) is 1. The average Bonchev–Trinajstić information content (AvgIpc) is 2.50. The molecule has 0 aliphatic heterocycles. The van der Waals surface area contributed by atoms with E-state index in [0.717, 1.165) is 18.7 Å². The zero-order valence-electron chi connectivity index (χ0n) is 9.54. The third-order valence-electron chi connectivity index (χ3n) is 2.06. The summed E-state index contributed by atoms with van der Waals surface area (Å²) in [5, 5.41) is 6.61. The number of hydrogen-bond donors (Lipinski definition) is 1. The zero-order chi connectivity index (χ0) is 11.3. The Labute approximate surface area is 90.0 Å². The Balaban J connectivity index is 2.24. The highest BCUT2D eigenvalue weighted by atomic mass is 16.5. The molecule has 1 rings (SSSR count). The molecule has 0 aliphatic rings. The number of amides is 1. The number of hydrogen-bond acceptors (Lipinski definition) is 3. The van der Waals surface area contributed by atoms with Crippen LogP contribution in [-0.4, -0.2) is 17.6 Å². The van der Waals surface area contributed by atoms with Crippen LogP contribution >= 0.6 is 0 Å². The second-order valence-electron chi connectivity index (χ2n) is 4.14. The third-order valence-corrected chi connectivity index (χ3v) is 2.06. The molecular weight excluding hydrogens is 192 g/mol. The van der Waals surface area contributed by atoms with Crippen molar-refractivity contribution in [1.29, 1.82) is 0 Å². The van der Waals surface area contributed by atoms with Crippen LogP contribution in [0.1, 0.15) is 31.7 Å². The van der Waals surface area contributed by atoms with E-state index in [2.05, 4.69) is 24.3 Å². The van der Waals surface area contributed by atoms with Gasteiger partial charge in [-0.2, -0.15) is 0 Å². The maximum Gasteiger partial charge on any atom is 0.226 e. The molecule has 0 atom stereocenters. The smallest absolute Gasteiger partial charge is 0.226 e. The second kappa shape index (κ2) is 5.53. The van der Waals surface area contributed by atoms with Gasteiger partial charge in [0.05, 0.1) is 12.1 Å². The first-order valence-corrected chi connectivity index (χ1v) is 5.27. The van der Waals surface area contributed by atoms with Crippen LogP contribution < -0.4 is 5.32 Å². The molecular formula is C11H18N2O2. The van der Waals surface area contributed by atoms with Gasteiger partial charge < -0.3 is 9.84 Å². The molecule has 1 amide bonds. The predicted molar refractivity (Wildman–Crippen MR) is 57.4 cm³/mol. The van der Waals surface area contributed by atoms with Crippen LogP contribution in [0.15, 0.2) is 10.6 Å². The number of aromatic nitrogens is 1. The lowest BCUT2D eigenvalue weighted by molar-refractivity contribution is -0.120. The Morgan fingerprint density at radius 1 is 1.60 bits per heavy atom. The largest absolute Gasteiger partial charge is 0.361 e. The van der Waals surface area contributed by atoms with Crippen LogP contribution in [0.2, 0.25) is 0 Å². The lowest BCUT2D eigenvalue weighted by Gasteiger charge is -2.05. The Hall–Kier alpha value is -1.32. The fourth-order valence-electron chi connectivity index (χ4n) is 1.23. The zero-order valence-corrected chi connectivity index (χ0v) is 9.54. The Kier molecular flexibility index (Phi) is 4.34. The van der Waals surface area contributed by atoms with Crippen LogP contribution in [0.5, 0.6) is 0 Å². The van der Waals surface area contributed by atoms with E-state index in [1.54, 1.807) is 6.07 Å². The first-order chi connectivity index (χ1) is 7.08. The van der Waals surface area contributed by atoms with Gasteiger partial charge in [-0.3, -0.25) is 4.79 Å². The SMILES string of the molecule is Cc1cc(CC(=O)NCCC(C)C)no1. The van der Waals surface area contributed by atoms with Gasteiger partial charge in [-0.15, -0.1) is 0 Å². The average molecular weight is 210 g/mol. The van der Waals surface area contributed by atoms with Crippen LogP contribution in [0.4, 0.5) is 0 Å². The molecule has 84 valence electrons. The van der Waals surface area contributed by atoms with E-state index in [4.69, 9.17) is 4.52 Å². The van der Waals surface area contributed by atoms with E-state index in [1.165, 1.54) is 0 Å². The van der Waals surface area contributed by atoms with Crippen molar-refractivity contribution in [1.82, 2.24) is 10.5 Å². The number of carbonyl (C=O) groups excluding carboxylic acids is 1. The Morgan fingerprint density at radius 3 is 2.87 bits per heavy atom. The van der Waals surface area contributed by atoms with Crippen molar-refractivity contribution >= 4 is 5.91 Å². The number of carbonyl (C=O) groups is 1. The highest BCUT2D eigenvalue weighted by Crippen LogP contribution is 2.02. The highest BCUT2D eigenvalue weighted by Gasteiger charge is 2.06. The monoisotopic (exact) mass is 210 g/mol. The minimum Gasteiger partial charge on any atom is -0.361 e. The second-order valence-corrected chi connectivity index (χ2v) is 4.14. The first kappa shape index (κ1) is 11.8. The van der Waals surface area contributed by atoms with Gasteiger partial charge in [0.1, 0.15) is 5.76 Å². The number of nitrogens with zero attached hydrogens (tertiary/aromatic N) is 1. The summed E-state index contributed by atoms with van der Waals surface area (Å²) in [6.45, 7) is 6.81. The molecule has 0 aliphatic carbocycles. The van der Waals surface area contributed by atoms with E-state index in [1.807, 2.05) is 6.92 Å². The molecule has 0 fully saturated rings.